The first-order valence-electron chi connectivity index (χ1n) is 6.68. The third kappa shape index (κ3) is 4.16. The van der Waals surface area contributed by atoms with Crippen molar-refractivity contribution < 1.29 is 4.79 Å². The summed E-state index contributed by atoms with van der Waals surface area (Å²) >= 11 is 0. The summed E-state index contributed by atoms with van der Waals surface area (Å²) < 4.78 is 0. The summed E-state index contributed by atoms with van der Waals surface area (Å²) in [6.45, 7) is 2.60. The van der Waals surface area contributed by atoms with Gasteiger partial charge >= 0.3 is 0 Å². The quantitative estimate of drug-likeness (QED) is 0.839. The molecule has 0 bridgehead atoms. The molecule has 0 fully saturated rings. The summed E-state index contributed by atoms with van der Waals surface area (Å²) in [6, 6.07) is 11.2. The number of nitrogens with zero attached hydrogens (tertiary/aromatic N) is 1. The molecule has 1 heterocycles. The van der Waals surface area contributed by atoms with Crippen molar-refractivity contribution in [1.82, 2.24) is 10.3 Å². The van der Waals surface area contributed by atoms with E-state index in [-0.39, 0.29) is 5.91 Å². The molecule has 2 aromatic rings. The first-order valence-corrected chi connectivity index (χ1v) is 6.68. The van der Waals surface area contributed by atoms with Crippen LogP contribution in [-0.2, 0) is 6.54 Å². The Balaban J connectivity index is 2.11. The van der Waals surface area contributed by atoms with Crippen LogP contribution in [0.15, 0.2) is 42.6 Å². The molecule has 106 valence electrons. The van der Waals surface area contributed by atoms with Crippen LogP contribution in [-0.4, -0.2) is 17.4 Å². The van der Waals surface area contributed by atoms with E-state index in [4.69, 9.17) is 5.73 Å². The molecule has 4 nitrogen and oxygen atoms in total. The van der Waals surface area contributed by atoms with Gasteiger partial charge in [0.1, 0.15) is 0 Å². The van der Waals surface area contributed by atoms with Crippen LogP contribution in [0.25, 0.3) is 0 Å². The summed E-state index contributed by atoms with van der Waals surface area (Å²) in [7, 11) is 0. The Kier molecular flexibility index (Phi) is 5.08. The minimum Gasteiger partial charge on any atom is -0.346 e. The van der Waals surface area contributed by atoms with Crippen LogP contribution in [0.3, 0.4) is 0 Å². The summed E-state index contributed by atoms with van der Waals surface area (Å²) in [5, 5.41) is 2.87. The molecule has 1 aromatic heterocycles. The third-order valence-electron chi connectivity index (χ3n) is 2.97. The molecule has 0 atom stereocenters. The Labute approximate surface area is 124 Å². The van der Waals surface area contributed by atoms with Gasteiger partial charge in [0.15, 0.2) is 0 Å². The van der Waals surface area contributed by atoms with Gasteiger partial charge in [-0.25, -0.2) is 0 Å². The van der Waals surface area contributed by atoms with Gasteiger partial charge in [0.05, 0.1) is 18.8 Å². The van der Waals surface area contributed by atoms with E-state index in [1.54, 1.807) is 12.3 Å². The summed E-state index contributed by atoms with van der Waals surface area (Å²) in [5.41, 5.74) is 8.49. The summed E-state index contributed by atoms with van der Waals surface area (Å²) in [6.07, 6.45) is 1.70. The largest absolute Gasteiger partial charge is 0.346 e. The van der Waals surface area contributed by atoms with Gasteiger partial charge in [-0.05, 0) is 36.8 Å². The lowest BCUT2D eigenvalue weighted by molar-refractivity contribution is 0.0950. The van der Waals surface area contributed by atoms with E-state index in [0.29, 0.717) is 18.7 Å². The fraction of sp³-hybridized carbons (Fsp3) is 0.176. The third-order valence-corrected chi connectivity index (χ3v) is 2.97. The predicted octanol–water partition coefficient (Wildman–Crippen LogP) is 1.63. The number of carbonyl (C=O) groups is 1. The zero-order chi connectivity index (χ0) is 15.1. The fourth-order valence-corrected chi connectivity index (χ4v) is 1.87. The molecule has 0 spiro atoms. The Morgan fingerprint density at radius 3 is 2.90 bits per heavy atom. The van der Waals surface area contributed by atoms with Crippen LogP contribution in [0.5, 0.6) is 0 Å². The Morgan fingerprint density at radius 1 is 1.33 bits per heavy atom. The van der Waals surface area contributed by atoms with Crippen molar-refractivity contribution in [1.29, 1.82) is 0 Å². The second kappa shape index (κ2) is 7.22. The topological polar surface area (TPSA) is 68.0 Å². The number of amides is 1. The molecule has 21 heavy (non-hydrogen) atoms. The van der Waals surface area contributed by atoms with Crippen molar-refractivity contribution in [3.8, 4) is 11.8 Å². The second-order valence-electron chi connectivity index (χ2n) is 4.54. The van der Waals surface area contributed by atoms with E-state index in [0.717, 1.165) is 16.8 Å². The standard InChI is InChI=1S/C17H17N3O/c1-13-7-8-14(5-4-9-18)11-16(13)17(21)20-12-15-6-2-3-10-19-15/h2-3,6-8,10-11H,9,12,18H2,1H3,(H,20,21). The Morgan fingerprint density at radius 2 is 2.19 bits per heavy atom. The first kappa shape index (κ1) is 14.8. The number of nitrogens with two attached hydrogens (primary N) is 1. The summed E-state index contributed by atoms with van der Waals surface area (Å²) in [4.78, 5) is 16.4. The normalized spacial score (nSPS) is 9.62. The lowest BCUT2D eigenvalue weighted by atomic mass is 10.0. The molecule has 3 N–H and O–H groups in total. The SMILES string of the molecule is Cc1ccc(C#CCN)cc1C(=O)NCc1ccccn1. The smallest absolute Gasteiger partial charge is 0.251 e. The van der Waals surface area contributed by atoms with Gasteiger partial charge in [0.2, 0.25) is 0 Å². The fourth-order valence-electron chi connectivity index (χ4n) is 1.87. The van der Waals surface area contributed by atoms with Gasteiger partial charge in [0, 0.05) is 17.3 Å². The van der Waals surface area contributed by atoms with Gasteiger partial charge in [-0.3, -0.25) is 9.78 Å². The van der Waals surface area contributed by atoms with E-state index in [1.807, 2.05) is 37.3 Å². The van der Waals surface area contributed by atoms with Crippen LogP contribution >= 0.6 is 0 Å². The molecular weight excluding hydrogens is 262 g/mol. The minimum absolute atomic E-state index is 0.130. The highest BCUT2D eigenvalue weighted by Gasteiger charge is 2.09. The molecule has 0 aliphatic rings. The number of aryl methyl sites for hydroxylation is 1. The van der Waals surface area contributed by atoms with Crippen LogP contribution in [0, 0.1) is 18.8 Å². The zero-order valence-corrected chi connectivity index (χ0v) is 11.9. The molecule has 1 aromatic carbocycles. The highest BCUT2D eigenvalue weighted by molar-refractivity contribution is 5.95. The highest BCUT2D eigenvalue weighted by atomic mass is 16.1. The number of rotatable bonds is 3. The van der Waals surface area contributed by atoms with Crippen LogP contribution in [0.1, 0.15) is 27.2 Å². The van der Waals surface area contributed by atoms with Gasteiger partial charge in [-0.1, -0.05) is 24.0 Å². The lowest BCUT2D eigenvalue weighted by Crippen LogP contribution is -2.24. The predicted molar refractivity (Wildman–Crippen MR) is 82.5 cm³/mol. The van der Waals surface area contributed by atoms with Gasteiger partial charge in [-0.2, -0.15) is 0 Å². The van der Waals surface area contributed by atoms with Crippen molar-refractivity contribution in [2.75, 3.05) is 6.54 Å². The number of pyridine rings is 1. The monoisotopic (exact) mass is 279 g/mol. The number of aromatic nitrogens is 1. The average molecular weight is 279 g/mol. The van der Waals surface area contributed by atoms with Crippen LogP contribution in [0.2, 0.25) is 0 Å². The second-order valence-corrected chi connectivity index (χ2v) is 4.54. The van der Waals surface area contributed by atoms with Gasteiger partial charge in [-0.15, -0.1) is 0 Å². The molecule has 0 saturated carbocycles. The molecule has 2 rings (SSSR count). The van der Waals surface area contributed by atoms with E-state index < -0.39 is 0 Å². The maximum atomic E-state index is 12.3. The summed E-state index contributed by atoms with van der Waals surface area (Å²) in [5.74, 6) is 5.59. The number of carbonyl (C=O) groups excluding carboxylic acids is 1. The van der Waals surface area contributed by atoms with E-state index in [9.17, 15) is 4.79 Å². The molecule has 0 saturated heterocycles. The van der Waals surface area contributed by atoms with E-state index >= 15 is 0 Å². The van der Waals surface area contributed by atoms with E-state index in [1.165, 1.54) is 0 Å². The zero-order valence-electron chi connectivity index (χ0n) is 11.9. The van der Waals surface area contributed by atoms with Gasteiger partial charge < -0.3 is 11.1 Å². The molecule has 0 aliphatic heterocycles. The first-order chi connectivity index (χ1) is 10.2. The maximum Gasteiger partial charge on any atom is 0.251 e. The number of hydrogen-bond donors (Lipinski definition) is 2. The highest BCUT2D eigenvalue weighted by Crippen LogP contribution is 2.11. The molecular formula is C17H17N3O. The van der Waals surface area contributed by atoms with Crippen molar-refractivity contribution in [3.05, 3.63) is 65.0 Å². The van der Waals surface area contributed by atoms with Crippen molar-refractivity contribution in [2.24, 2.45) is 5.73 Å². The molecule has 4 heteroatoms. The minimum atomic E-state index is -0.130. The maximum absolute atomic E-state index is 12.3. The van der Waals surface area contributed by atoms with Crippen LogP contribution < -0.4 is 11.1 Å². The average Bonchev–Trinajstić information content (AvgIpc) is 2.53. The number of nitrogens with one attached hydrogen (secondary N) is 1. The van der Waals surface area contributed by atoms with Crippen molar-refractivity contribution >= 4 is 5.91 Å². The lowest BCUT2D eigenvalue weighted by Gasteiger charge is -2.08. The molecule has 0 unspecified atom stereocenters. The van der Waals surface area contributed by atoms with Gasteiger partial charge in [0.25, 0.3) is 5.91 Å². The molecule has 0 radical (unpaired) electrons. The number of benzene rings is 1. The molecule has 1 amide bonds. The van der Waals surface area contributed by atoms with E-state index in [2.05, 4.69) is 22.1 Å². The Hall–Kier alpha value is -2.64. The van der Waals surface area contributed by atoms with Crippen LogP contribution in [0.4, 0.5) is 0 Å². The van der Waals surface area contributed by atoms with Crippen molar-refractivity contribution in [2.45, 2.75) is 13.5 Å². The number of hydrogen-bond acceptors (Lipinski definition) is 3. The Bertz CT molecular complexity index is 684. The van der Waals surface area contributed by atoms with Crippen molar-refractivity contribution in [3.63, 3.8) is 0 Å². The molecule has 0 aliphatic carbocycles.